The molecule has 0 bridgehead atoms. The molecular formula is C15H13ClO4S. The summed E-state index contributed by atoms with van der Waals surface area (Å²) in [6, 6.07) is 13.2. The van der Waals surface area contributed by atoms with Gasteiger partial charge in [-0.3, -0.25) is 4.21 Å². The molecule has 4 nitrogen and oxygen atoms in total. The minimum Gasteiger partial charge on any atom is -0.492 e. The third kappa shape index (κ3) is 4.31. The smallest absolute Gasteiger partial charge is 0.339 e. The molecule has 0 aliphatic heterocycles. The summed E-state index contributed by atoms with van der Waals surface area (Å²) in [5.74, 6) is -0.524. The zero-order valence-corrected chi connectivity index (χ0v) is 12.6. The van der Waals surface area contributed by atoms with Crippen LogP contribution in [0.2, 0.25) is 5.02 Å². The monoisotopic (exact) mass is 324 g/mol. The molecule has 0 saturated heterocycles. The van der Waals surface area contributed by atoms with Crippen LogP contribution in [0.3, 0.4) is 0 Å². The van der Waals surface area contributed by atoms with Gasteiger partial charge in [0.15, 0.2) is 0 Å². The first kappa shape index (κ1) is 15.5. The van der Waals surface area contributed by atoms with Crippen LogP contribution in [0.15, 0.2) is 53.4 Å². The second kappa shape index (κ2) is 7.24. The summed E-state index contributed by atoms with van der Waals surface area (Å²) < 4.78 is 17.5. The van der Waals surface area contributed by atoms with Gasteiger partial charge in [0.05, 0.1) is 16.6 Å². The molecule has 2 aromatic rings. The van der Waals surface area contributed by atoms with Crippen LogP contribution in [0.1, 0.15) is 10.4 Å². The van der Waals surface area contributed by atoms with Crippen molar-refractivity contribution in [1.29, 1.82) is 0 Å². The molecule has 1 unspecified atom stereocenters. The number of ether oxygens (including phenoxy) is 1. The second-order valence-corrected chi connectivity index (χ2v) is 6.16. The zero-order chi connectivity index (χ0) is 15.2. The van der Waals surface area contributed by atoms with E-state index in [2.05, 4.69) is 0 Å². The van der Waals surface area contributed by atoms with Gasteiger partial charge in [0.2, 0.25) is 0 Å². The van der Waals surface area contributed by atoms with Crippen LogP contribution in [-0.2, 0) is 10.8 Å². The molecule has 2 aromatic carbocycles. The lowest BCUT2D eigenvalue weighted by molar-refractivity contribution is 0.0692. The van der Waals surface area contributed by atoms with Crippen LogP contribution in [0.4, 0.5) is 0 Å². The Morgan fingerprint density at radius 3 is 2.67 bits per heavy atom. The molecule has 21 heavy (non-hydrogen) atoms. The molecule has 0 aromatic heterocycles. The van der Waals surface area contributed by atoms with Gasteiger partial charge in [0.1, 0.15) is 17.9 Å². The van der Waals surface area contributed by atoms with E-state index in [-0.39, 0.29) is 23.7 Å². The molecule has 1 atom stereocenters. The number of carboxylic acid groups (broad SMARTS) is 1. The topological polar surface area (TPSA) is 63.6 Å². The van der Waals surface area contributed by atoms with E-state index in [9.17, 15) is 9.00 Å². The standard InChI is InChI=1S/C15H13ClO4S/c16-11-4-3-5-12(10-11)21(19)9-8-20-14-7-2-1-6-13(14)15(17)18/h1-7,10H,8-9H2,(H,17,18). The predicted octanol–water partition coefficient (Wildman–Crippen LogP) is 3.22. The van der Waals surface area contributed by atoms with Gasteiger partial charge in [-0.2, -0.15) is 0 Å². The number of halogens is 1. The van der Waals surface area contributed by atoms with Gasteiger partial charge >= 0.3 is 5.97 Å². The van der Waals surface area contributed by atoms with E-state index in [0.717, 1.165) is 0 Å². The van der Waals surface area contributed by atoms with E-state index in [4.69, 9.17) is 21.4 Å². The van der Waals surface area contributed by atoms with Crippen molar-refractivity contribution in [2.24, 2.45) is 0 Å². The Hall–Kier alpha value is -1.85. The van der Waals surface area contributed by atoms with E-state index in [1.165, 1.54) is 6.07 Å². The fourth-order valence-electron chi connectivity index (χ4n) is 1.72. The normalized spacial score (nSPS) is 11.9. The van der Waals surface area contributed by atoms with Gasteiger partial charge in [-0.25, -0.2) is 4.79 Å². The first-order valence-corrected chi connectivity index (χ1v) is 7.86. The van der Waals surface area contributed by atoms with E-state index in [1.54, 1.807) is 42.5 Å². The number of para-hydroxylation sites is 1. The van der Waals surface area contributed by atoms with Crippen LogP contribution in [0.25, 0.3) is 0 Å². The quantitative estimate of drug-likeness (QED) is 0.886. The maximum Gasteiger partial charge on any atom is 0.339 e. The molecule has 0 aliphatic carbocycles. The van der Waals surface area contributed by atoms with Gasteiger partial charge in [0.25, 0.3) is 0 Å². The second-order valence-electron chi connectivity index (χ2n) is 4.16. The average Bonchev–Trinajstić information content (AvgIpc) is 2.47. The number of hydrogen-bond donors (Lipinski definition) is 1. The maximum absolute atomic E-state index is 12.1. The summed E-state index contributed by atoms with van der Waals surface area (Å²) in [5.41, 5.74) is 0.0889. The highest BCUT2D eigenvalue weighted by Gasteiger charge is 2.11. The van der Waals surface area contributed by atoms with Crippen LogP contribution in [0, 0.1) is 0 Å². The molecule has 0 radical (unpaired) electrons. The lowest BCUT2D eigenvalue weighted by Gasteiger charge is -2.09. The van der Waals surface area contributed by atoms with Crippen LogP contribution in [0.5, 0.6) is 5.75 Å². The van der Waals surface area contributed by atoms with Gasteiger partial charge in [-0.1, -0.05) is 29.8 Å². The van der Waals surface area contributed by atoms with E-state index in [0.29, 0.717) is 9.92 Å². The Morgan fingerprint density at radius 2 is 1.95 bits per heavy atom. The highest BCUT2D eigenvalue weighted by molar-refractivity contribution is 7.85. The molecule has 0 heterocycles. The summed E-state index contributed by atoms with van der Waals surface area (Å²) in [6.07, 6.45) is 0. The number of carbonyl (C=O) groups is 1. The minimum atomic E-state index is -1.24. The van der Waals surface area contributed by atoms with Crippen molar-refractivity contribution >= 4 is 28.4 Å². The van der Waals surface area contributed by atoms with Gasteiger partial charge in [-0.05, 0) is 30.3 Å². The Morgan fingerprint density at radius 1 is 1.19 bits per heavy atom. The van der Waals surface area contributed by atoms with Crippen molar-refractivity contribution in [3.05, 3.63) is 59.1 Å². The fraction of sp³-hybridized carbons (Fsp3) is 0.133. The maximum atomic E-state index is 12.1. The molecule has 0 fully saturated rings. The SMILES string of the molecule is O=C(O)c1ccccc1OCCS(=O)c1cccc(Cl)c1. The molecule has 110 valence electrons. The summed E-state index contributed by atoms with van der Waals surface area (Å²) in [4.78, 5) is 11.6. The van der Waals surface area contributed by atoms with Crippen molar-refractivity contribution in [2.75, 3.05) is 12.4 Å². The van der Waals surface area contributed by atoms with E-state index < -0.39 is 16.8 Å². The first-order valence-electron chi connectivity index (χ1n) is 6.17. The van der Waals surface area contributed by atoms with Crippen LogP contribution < -0.4 is 4.74 Å². The van der Waals surface area contributed by atoms with Crippen molar-refractivity contribution in [3.63, 3.8) is 0 Å². The summed E-state index contributed by atoms with van der Waals surface area (Å²) in [5, 5.41) is 9.55. The Labute approximate surface area is 129 Å². The van der Waals surface area contributed by atoms with E-state index in [1.807, 2.05) is 0 Å². The van der Waals surface area contributed by atoms with Crippen LogP contribution in [-0.4, -0.2) is 27.6 Å². The Balaban J connectivity index is 1.96. The molecule has 6 heteroatoms. The number of benzene rings is 2. The average molecular weight is 325 g/mol. The summed E-state index contributed by atoms with van der Waals surface area (Å²) >= 11 is 5.84. The van der Waals surface area contributed by atoms with Crippen LogP contribution >= 0.6 is 11.6 Å². The highest BCUT2D eigenvalue weighted by atomic mass is 35.5. The molecule has 0 aliphatic rings. The zero-order valence-electron chi connectivity index (χ0n) is 11.0. The fourth-order valence-corrected chi connectivity index (χ4v) is 2.94. The third-order valence-corrected chi connectivity index (χ3v) is 4.26. The lowest BCUT2D eigenvalue weighted by atomic mass is 10.2. The largest absolute Gasteiger partial charge is 0.492 e. The van der Waals surface area contributed by atoms with Crippen molar-refractivity contribution in [2.45, 2.75) is 4.90 Å². The van der Waals surface area contributed by atoms with Crippen molar-refractivity contribution < 1.29 is 18.8 Å². The van der Waals surface area contributed by atoms with Gasteiger partial charge in [-0.15, -0.1) is 0 Å². The lowest BCUT2D eigenvalue weighted by Crippen LogP contribution is -2.11. The predicted molar refractivity (Wildman–Crippen MR) is 81.6 cm³/mol. The van der Waals surface area contributed by atoms with Crippen molar-refractivity contribution in [1.82, 2.24) is 0 Å². The molecule has 0 saturated carbocycles. The highest BCUT2D eigenvalue weighted by Crippen LogP contribution is 2.18. The molecule has 2 rings (SSSR count). The van der Waals surface area contributed by atoms with Crippen molar-refractivity contribution in [3.8, 4) is 5.75 Å². The number of carboxylic acids is 1. The van der Waals surface area contributed by atoms with Gasteiger partial charge in [0, 0.05) is 9.92 Å². The molecule has 0 amide bonds. The number of aromatic carboxylic acids is 1. The Bertz CT molecular complexity index is 672. The minimum absolute atomic E-state index is 0.0889. The van der Waals surface area contributed by atoms with Gasteiger partial charge < -0.3 is 9.84 Å². The third-order valence-electron chi connectivity index (χ3n) is 2.70. The Kier molecular flexibility index (Phi) is 5.36. The summed E-state index contributed by atoms with van der Waals surface area (Å²) in [7, 11) is -1.24. The number of hydrogen-bond acceptors (Lipinski definition) is 3. The van der Waals surface area contributed by atoms with E-state index >= 15 is 0 Å². The summed E-state index contributed by atoms with van der Waals surface area (Å²) in [6.45, 7) is 0.156. The first-order chi connectivity index (χ1) is 10.1. The molecule has 1 N–H and O–H groups in total. The molecule has 0 spiro atoms. The molecular weight excluding hydrogens is 312 g/mol. The number of rotatable bonds is 6.